The van der Waals surface area contributed by atoms with E-state index < -0.39 is 0 Å². The lowest BCUT2D eigenvalue weighted by Gasteiger charge is -2.31. The van der Waals surface area contributed by atoms with Crippen molar-refractivity contribution in [2.75, 3.05) is 9.80 Å². The van der Waals surface area contributed by atoms with Crippen LogP contribution in [0.3, 0.4) is 0 Å². The summed E-state index contributed by atoms with van der Waals surface area (Å²) in [6, 6.07) is 108. The van der Waals surface area contributed by atoms with Crippen molar-refractivity contribution < 1.29 is 4.42 Å². The Morgan fingerprint density at radius 3 is 1.47 bits per heavy atom. The third-order valence-electron chi connectivity index (χ3n) is 15.5. The standard InChI is InChI=1S/C74H49N3O/c1-4-19-50(20-5-1)52-35-39-57(40-36-52)75(58-41-37-53(38-42-58)51-21-6-2-7-22-51)60-45-55(68-47-54-23-10-11-26-62(54)63-27-12-13-28-64(63)68)46-61(48-60)76(70-32-18-34-73-74(70)67-30-15-17-33-72(67)78-73)59-43-44-66-65-29-14-16-31-69(65)77(71(66)49-59)56-24-8-3-9-25-56/h1-49H. The molecule has 4 nitrogen and oxygen atoms in total. The molecule has 0 unspecified atom stereocenters. The fraction of sp³-hybridized carbons (Fsp3) is 0. The molecule has 0 fully saturated rings. The molecule has 2 aromatic heterocycles. The topological polar surface area (TPSA) is 24.6 Å². The highest BCUT2D eigenvalue weighted by Gasteiger charge is 2.25. The summed E-state index contributed by atoms with van der Waals surface area (Å²) in [7, 11) is 0. The van der Waals surface area contributed by atoms with Gasteiger partial charge in [-0.3, -0.25) is 0 Å². The fourth-order valence-corrected chi connectivity index (χ4v) is 11.9. The average Bonchev–Trinajstić information content (AvgIpc) is 4.18. The van der Waals surface area contributed by atoms with Gasteiger partial charge in [0.1, 0.15) is 11.2 Å². The molecule has 0 spiro atoms. The zero-order chi connectivity index (χ0) is 51.5. The van der Waals surface area contributed by atoms with E-state index in [4.69, 9.17) is 4.42 Å². The first kappa shape index (κ1) is 45.0. The molecule has 0 aliphatic carbocycles. The number of hydrogen-bond donors (Lipinski definition) is 0. The van der Waals surface area contributed by atoms with Crippen LogP contribution in [0, 0.1) is 0 Å². The summed E-state index contributed by atoms with van der Waals surface area (Å²) in [4.78, 5) is 4.88. The highest BCUT2D eigenvalue weighted by molar-refractivity contribution is 6.16. The molecule has 366 valence electrons. The Balaban J connectivity index is 1.04. The van der Waals surface area contributed by atoms with Gasteiger partial charge in [0.05, 0.1) is 22.1 Å². The third-order valence-corrected chi connectivity index (χ3v) is 15.5. The van der Waals surface area contributed by atoms with Crippen LogP contribution in [-0.4, -0.2) is 4.57 Å². The second kappa shape index (κ2) is 18.7. The number of rotatable bonds is 10. The first-order valence-corrected chi connectivity index (χ1v) is 26.6. The van der Waals surface area contributed by atoms with Crippen LogP contribution >= 0.6 is 0 Å². The van der Waals surface area contributed by atoms with E-state index in [1.54, 1.807) is 0 Å². The van der Waals surface area contributed by atoms with Crippen LogP contribution in [0.2, 0.25) is 0 Å². The molecule has 0 amide bonds. The Labute approximate surface area is 452 Å². The number of hydrogen-bond acceptors (Lipinski definition) is 3. The van der Waals surface area contributed by atoms with E-state index in [0.717, 1.165) is 95.0 Å². The summed E-state index contributed by atoms with van der Waals surface area (Å²) < 4.78 is 9.11. The van der Waals surface area contributed by atoms with Gasteiger partial charge in [-0.05, 0) is 152 Å². The van der Waals surface area contributed by atoms with E-state index in [-0.39, 0.29) is 0 Å². The molecular formula is C74H49N3O. The van der Waals surface area contributed by atoms with E-state index in [1.807, 2.05) is 0 Å². The lowest BCUT2D eigenvalue weighted by atomic mass is 9.92. The summed E-state index contributed by atoms with van der Waals surface area (Å²) >= 11 is 0. The molecule has 0 aliphatic heterocycles. The third kappa shape index (κ3) is 7.69. The van der Waals surface area contributed by atoms with Crippen LogP contribution in [0.1, 0.15) is 0 Å². The average molecular weight is 996 g/mol. The SMILES string of the molecule is c1ccc(-c2ccc(N(c3ccc(-c4ccccc4)cc3)c3cc(-c4cc5ccccc5c5ccccc45)cc(N(c4ccc5c6ccccc6n(-c6ccccc6)c5c4)c4cccc5oc6ccccc6c45)c3)cc2)cc1. The van der Waals surface area contributed by atoms with Crippen molar-refractivity contribution in [1.29, 1.82) is 0 Å². The molecule has 0 N–H and O–H groups in total. The molecule has 0 aliphatic rings. The number of benzene rings is 13. The molecular weight excluding hydrogens is 947 g/mol. The largest absolute Gasteiger partial charge is 0.456 e. The smallest absolute Gasteiger partial charge is 0.137 e. The minimum atomic E-state index is 0.828. The van der Waals surface area contributed by atoms with Gasteiger partial charge >= 0.3 is 0 Å². The fourth-order valence-electron chi connectivity index (χ4n) is 11.9. The summed E-state index contributed by atoms with van der Waals surface area (Å²) in [5.74, 6) is 0. The highest BCUT2D eigenvalue weighted by Crippen LogP contribution is 2.49. The van der Waals surface area contributed by atoms with E-state index in [9.17, 15) is 0 Å². The van der Waals surface area contributed by atoms with Gasteiger partial charge in [0.15, 0.2) is 0 Å². The zero-order valence-electron chi connectivity index (χ0n) is 42.5. The van der Waals surface area contributed by atoms with E-state index in [1.165, 1.54) is 43.4 Å². The molecule has 0 radical (unpaired) electrons. The summed E-state index contributed by atoms with van der Waals surface area (Å²) in [5.41, 5.74) is 18.1. The monoisotopic (exact) mass is 995 g/mol. The van der Waals surface area contributed by atoms with Crippen LogP contribution in [-0.2, 0) is 0 Å². The molecule has 2 heterocycles. The van der Waals surface area contributed by atoms with Crippen molar-refractivity contribution in [3.8, 4) is 39.1 Å². The Morgan fingerprint density at radius 1 is 0.269 bits per heavy atom. The molecule has 4 heteroatoms. The predicted octanol–water partition coefficient (Wildman–Crippen LogP) is 20.9. The van der Waals surface area contributed by atoms with Gasteiger partial charge in [-0.1, -0.05) is 200 Å². The molecule has 0 atom stereocenters. The van der Waals surface area contributed by atoms with Crippen LogP contribution in [0.25, 0.3) is 104 Å². The van der Waals surface area contributed by atoms with Gasteiger partial charge < -0.3 is 18.8 Å². The summed E-state index contributed by atoms with van der Waals surface area (Å²) in [6.45, 7) is 0. The Kier molecular flexibility index (Phi) is 10.8. The minimum absolute atomic E-state index is 0.828. The molecule has 78 heavy (non-hydrogen) atoms. The lowest BCUT2D eigenvalue weighted by molar-refractivity contribution is 0.669. The highest BCUT2D eigenvalue weighted by atomic mass is 16.3. The van der Waals surface area contributed by atoms with Crippen LogP contribution in [0.15, 0.2) is 302 Å². The Bertz CT molecular complexity index is 4630. The quantitative estimate of drug-likeness (QED) is 0.128. The Hall–Kier alpha value is -10.4. The number of furan rings is 1. The molecule has 15 aromatic rings. The molecule has 15 rings (SSSR count). The zero-order valence-corrected chi connectivity index (χ0v) is 42.5. The summed E-state index contributed by atoms with van der Waals surface area (Å²) in [6.07, 6.45) is 0. The predicted molar refractivity (Wildman–Crippen MR) is 329 cm³/mol. The summed E-state index contributed by atoms with van der Waals surface area (Å²) in [5, 5.41) is 9.32. The normalized spacial score (nSPS) is 11.6. The van der Waals surface area contributed by atoms with Crippen molar-refractivity contribution in [3.05, 3.63) is 297 Å². The Morgan fingerprint density at radius 2 is 0.782 bits per heavy atom. The maximum atomic E-state index is 6.71. The molecule has 13 aromatic carbocycles. The number of aromatic nitrogens is 1. The first-order chi connectivity index (χ1) is 38.7. The minimum Gasteiger partial charge on any atom is -0.456 e. The van der Waals surface area contributed by atoms with Gasteiger partial charge in [-0.15, -0.1) is 0 Å². The maximum absolute atomic E-state index is 6.71. The van der Waals surface area contributed by atoms with Crippen molar-refractivity contribution >= 4 is 99.4 Å². The van der Waals surface area contributed by atoms with Crippen molar-refractivity contribution in [3.63, 3.8) is 0 Å². The lowest BCUT2D eigenvalue weighted by Crippen LogP contribution is -2.14. The van der Waals surface area contributed by atoms with E-state index in [2.05, 4.69) is 312 Å². The van der Waals surface area contributed by atoms with Crippen LogP contribution in [0.5, 0.6) is 0 Å². The molecule has 0 bridgehead atoms. The number of fused-ring (bicyclic) bond motifs is 9. The van der Waals surface area contributed by atoms with Crippen molar-refractivity contribution in [1.82, 2.24) is 4.57 Å². The van der Waals surface area contributed by atoms with Gasteiger partial charge in [0.2, 0.25) is 0 Å². The maximum Gasteiger partial charge on any atom is 0.137 e. The van der Waals surface area contributed by atoms with Gasteiger partial charge in [0.25, 0.3) is 0 Å². The van der Waals surface area contributed by atoms with Crippen molar-refractivity contribution in [2.24, 2.45) is 0 Å². The number of anilines is 6. The van der Waals surface area contributed by atoms with E-state index in [0.29, 0.717) is 0 Å². The number of nitrogens with zero attached hydrogens (tertiary/aromatic N) is 3. The second-order valence-electron chi connectivity index (χ2n) is 20.1. The van der Waals surface area contributed by atoms with E-state index >= 15 is 0 Å². The van der Waals surface area contributed by atoms with Crippen LogP contribution < -0.4 is 9.80 Å². The molecule has 0 saturated carbocycles. The van der Waals surface area contributed by atoms with Gasteiger partial charge in [-0.25, -0.2) is 0 Å². The molecule has 0 saturated heterocycles. The van der Waals surface area contributed by atoms with Crippen molar-refractivity contribution in [2.45, 2.75) is 0 Å². The van der Waals surface area contributed by atoms with Gasteiger partial charge in [-0.2, -0.15) is 0 Å². The van der Waals surface area contributed by atoms with Gasteiger partial charge in [0, 0.05) is 50.3 Å². The van der Waals surface area contributed by atoms with Crippen LogP contribution in [0.4, 0.5) is 34.1 Å². The second-order valence-corrected chi connectivity index (χ2v) is 20.1. The number of para-hydroxylation sites is 3. The first-order valence-electron chi connectivity index (χ1n) is 26.6.